The zero-order valence-corrected chi connectivity index (χ0v) is 9.15. The van der Waals surface area contributed by atoms with Gasteiger partial charge in [-0.1, -0.05) is 18.2 Å². The number of thiocarbonyl (C=S) groups is 1. The van der Waals surface area contributed by atoms with Crippen molar-refractivity contribution in [3.05, 3.63) is 59.3 Å². The summed E-state index contributed by atoms with van der Waals surface area (Å²) in [6.07, 6.45) is 3.01. The van der Waals surface area contributed by atoms with Crippen molar-refractivity contribution < 1.29 is 0 Å². The zero-order valence-electron chi connectivity index (χ0n) is 8.33. The smallest absolute Gasteiger partial charge is 0.332 e. The number of anilines is 1. The second-order valence-corrected chi connectivity index (χ2v) is 3.46. The molecule has 1 N–H and O–H groups in total. The highest BCUT2D eigenvalue weighted by atomic mass is 32.1. The average Bonchev–Trinajstić information content (AvgIpc) is 2.31. The number of aromatic nitrogens is 2. The van der Waals surface area contributed by atoms with Crippen molar-refractivity contribution in [2.75, 3.05) is 5.32 Å². The highest BCUT2D eigenvalue weighted by Gasteiger charge is 2.01. The van der Waals surface area contributed by atoms with E-state index in [2.05, 4.69) is 10.3 Å². The van der Waals surface area contributed by atoms with Gasteiger partial charge in [0.15, 0.2) is 5.11 Å². The van der Waals surface area contributed by atoms with Crippen LogP contribution in [0.4, 0.5) is 5.69 Å². The van der Waals surface area contributed by atoms with Gasteiger partial charge in [0.05, 0.1) is 0 Å². The van der Waals surface area contributed by atoms with Gasteiger partial charge in [0.25, 0.3) is 0 Å². The van der Waals surface area contributed by atoms with Gasteiger partial charge in [0, 0.05) is 18.1 Å². The highest BCUT2D eigenvalue weighted by Crippen LogP contribution is 2.04. The first-order valence-electron chi connectivity index (χ1n) is 4.67. The summed E-state index contributed by atoms with van der Waals surface area (Å²) < 4.78 is 1.28. The lowest BCUT2D eigenvalue weighted by Gasteiger charge is -2.08. The maximum absolute atomic E-state index is 11.4. The van der Waals surface area contributed by atoms with Gasteiger partial charge < -0.3 is 5.32 Å². The summed E-state index contributed by atoms with van der Waals surface area (Å²) in [5.74, 6) is 0. The Bertz CT molecular complexity index is 550. The van der Waals surface area contributed by atoms with Gasteiger partial charge in [-0.2, -0.15) is 0 Å². The Balaban J connectivity index is 2.22. The van der Waals surface area contributed by atoms with E-state index in [9.17, 15) is 4.79 Å². The second-order valence-electron chi connectivity index (χ2n) is 3.07. The Morgan fingerprint density at radius 2 is 2.00 bits per heavy atom. The number of nitrogens with one attached hydrogen (secondary N) is 1. The molecule has 1 aromatic carbocycles. The molecule has 0 fully saturated rings. The predicted octanol–water partition coefficient (Wildman–Crippen LogP) is 1.49. The van der Waals surface area contributed by atoms with Gasteiger partial charge in [0.1, 0.15) is 0 Å². The molecule has 2 rings (SSSR count). The topological polar surface area (TPSA) is 46.9 Å². The molecule has 0 aliphatic rings. The fraction of sp³-hybridized carbons (Fsp3) is 0. The van der Waals surface area contributed by atoms with Crippen LogP contribution in [0.2, 0.25) is 0 Å². The molecule has 0 atom stereocenters. The van der Waals surface area contributed by atoms with Gasteiger partial charge >= 0.3 is 5.69 Å². The number of hydrogen-bond acceptors (Lipinski definition) is 3. The molecule has 80 valence electrons. The molecular weight excluding hydrogens is 222 g/mol. The zero-order chi connectivity index (χ0) is 11.4. The Hall–Kier alpha value is -2.01. The summed E-state index contributed by atoms with van der Waals surface area (Å²) in [5.41, 5.74) is 0.444. The minimum atomic E-state index is -0.393. The van der Waals surface area contributed by atoms with E-state index < -0.39 is 5.69 Å². The molecule has 2 aromatic rings. The molecule has 0 radical (unpaired) electrons. The van der Waals surface area contributed by atoms with E-state index in [1.165, 1.54) is 10.8 Å². The molecule has 4 nitrogen and oxygen atoms in total. The lowest BCUT2D eigenvalue weighted by molar-refractivity contribution is 0.971. The van der Waals surface area contributed by atoms with Crippen LogP contribution in [0.15, 0.2) is 53.6 Å². The molecule has 5 heteroatoms. The third kappa shape index (κ3) is 2.32. The SMILES string of the molecule is O=c1ncccn1C(=S)Nc1ccccc1. The molecule has 0 saturated carbocycles. The molecule has 1 heterocycles. The number of nitrogens with zero attached hydrogens (tertiary/aromatic N) is 2. The van der Waals surface area contributed by atoms with Crippen molar-refractivity contribution in [3.8, 4) is 0 Å². The Morgan fingerprint density at radius 1 is 1.25 bits per heavy atom. The predicted molar refractivity (Wildman–Crippen MR) is 66.6 cm³/mol. The maximum atomic E-state index is 11.4. The maximum Gasteiger partial charge on any atom is 0.353 e. The number of rotatable bonds is 1. The van der Waals surface area contributed by atoms with Crippen LogP contribution in [0, 0.1) is 0 Å². The molecule has 0 bridgehead atoms. The van der Waals surface area contributed by atoms with E-state index in [1.54, 1.807) is 12.3 Å². The van der Waals surface area contributed by atoms with E-state index in [4.69, 9.17) is 12.2 Å². The molecule has 0 spiro atoms. The lowest BCUT2D eigenvalue weighted by atomic mass is 10.3. The molecule has 0 aliphatic heterocycles. The van der Waals surface area contributed by atoms with Crippen LogP contribution in [0.5, 0.6) is 0 Å². The van der Waals surface area contributed by atoms with Crippen molar-refractivity contribution in [2.24, 2.45) is 0 Å². The minimum absolute atomic E-state index is 0.310. The summed E-state index contributed by atoms with van der Waals surface area (Å²) in [7, 11) is 0. The van der Waals surface area contributed by atoms with Crippen molar-refractivity contribution in [2.45, 2.75) is 0 Å². The molecule has 0 aliphatic carbocycles. The van der Waals surface area contributed by atoms with Crippen molar-refractivity contribution in [3.63, 3.8) is 0 Å². The fourth-order valence-corrected chi connectivity index (χ4v) is 1.47. The van der Waals surface area contributed by atoms with Gasteiger partial charge in [-0.25, -0.2) is 14.3 Å². The Labute approximate surface area is 97.6 Å². The first-order chi connectivity index (χ1) is 7.77. The normalized spacial score (nSPS) is 9.75. The number of para-hydroxylation sites is 1. The molecule has 0 unspecified atom stereocenters. The summed E-state index contributed by atoms with van der Waals surface area (Å²) in [5, 5.41) is 3.26. The molecule has 1 aromatic heterocycles. The van der Waals surface area contributed by atoms with Crippen LogP contribution in [0.25, 0.3) is 0 Å². The van der Waals surface area contributed by atoms with E-state index >= 15 is 0 Å². The summed E-state index contributed by atoms with van der Waals surface area (Å²) >= 11 is 5.10. The number of hydrogen-bond donors (Lipinski definition) is 1. The monoisotopic (exact) mass is 231 g/mol. The largest absolute Gasteiger partial charge is 0.353 e. The van der Waals surface area contributed by atoms with Crippen LogP contribution >= 0.6 is 12.2 Å². The van der Waals surface area contributed by atoms with Crippen LogP contribution < -0.4 is 11.0 Å². The summed E-state index contributed by atoms with van der Waals surface area (Å²) in [6.45, 7) is 0. The number of benzene rings is 1. The van der Waals surface area contributed by atoms with Gasteiger partial charge in [-0.05, 0) is 30.4 Å². The van der Waals surface area contributed by atoms with E-state index in [-0.39, 0.29) is 0 Å². The van der Waals surface area contributed by atoms with Crippen LogP contribution in [0.1, 0.15) is 0 Å². The first-order valence-corrected chi connectivity index (χ1v) is 5.08. The fourth-order valence-electron chi connectivity index (χ4n) is 1.22. The van der Waals surface area contributed by atoms with E-state index in [0.717, 1.165) is 5.69 Å². The summed E-state index contributed by atoms with van der Waals surface area (Å²) in [6, 6.07) is 11.1. The van der Waals surface area contributed by atoms with Gasteiger partial charge in [-0.15, -0.1) is 0 Å². The van der Waals surface area contributed by atoms with Crippen molar-refractivity contribution in [1.29, 1.82) is 0 Å². The standard InChI is InChI=1S/C11H9N3OS/c15-10-12-7-4-8-14(10)11(16)13-9-5-2-1-3-6-9/h1-8H,(H,13,16). The van der Waals surface area contributed by atoms with E-state index in [0.29, 0.717) is 5.11 Å². The van der Waals surface area contributed by atoms with Crippen LogP contribution in [0.3, 0.4) is 0 Å². The molecular formula is C11H9N3OS. The van der Waals surface area contributed by atoms with Gasteiger partial charge in [-0.3, -0.25) is 0 Å². The summed E-state index contributed by atoms with van der Waals surface area (Å²) in [4.78, 5) is 15.0. The third-order valence-electron chi connectivity index (χ3n) is 1.96. The van der Waals surface area contributed by atoms with E-state index in [1.807, 2.05) is 30.3 Å². The van der Waals surface area contributed by atoms with Crippen LogP contribution in [-0.2, 0) is 0 Å². The molecule has 16 heavy (non-hydrogen) atoms. The first kappa shape index (κ1) is 10.5. The third-order valence-corrected chi connectivity index (χ3v) is 2.25. The molecule has 0 amide bonds. The highest BCUT2D eigenvalue weighted by molar-refractivity contribution is 7.80. The quantitative estimate of drug-likeness (QED) is 0.755. The minimum Gasteiger partial charge on any atom is -0.332 e. The molecule has 0 saturated heterocycles. The average molecular weight is 231 g/mol. The van der Waals surface area contributed by atoms with Crippen molar-refractivity contribution in [1.82, 2.24) is 9.55 Å². The van der Waals surface area contributed by atoms with Gasteiger partial charge in [0.2, 0.25) is 0 Å². The Kier molecular flexibility index (Phi) is 3.07. The Morgan fingerprint density at radius 3 is 2.69 bits per heavy atom. The van der Waals surface area contributed by atoms with Crippen LogP contribution in [-0.4, -0.2) is 14.7 Å². The van der Waals surface area contributed by atoms with Crippen molar-refractivity contribution >= 4 is 23.0 Å². The second kappa shape index (κ2) is 4.67. The lowest BCUT2D eigenvalue weighted by Crippen LogP contribution is -2.31.